The number of rotatable bonds is 5. The average Bonchev–Trinajstić information content (AvgIpc) is 2.57. The van der Waals surface area contributed by atoms with E-state index < -0.39 is 0 Å². The Hall–Kier alpha value is -2.04. The number of benzene rings is 2. The fourth-order valence-corrected chi connectivity index (χ4v) is 3.13. The van der Waals surface area contributed by atoms with E-state index in [1.54, 1.807) is 7.11 Å². The number of ether oxygens (including phenoxy) is 1. The number of anilines is 1. The van der Waals surface area contributed by atoms with E-state index in [1.165, 1.54) is 11.1 Å². The first-order chi connectivity index (χ1) is 11.2. The SMILES string of the molecule is COc1ccccc1CN1CCN(Cc2cccc(N)c2)CC1. The highest BCUT2D eigenvalue weighted by Gasteiger charge is 2.18. The zero-order valence-electron chi connectivity index (χ0n) is 13.7. The molecular weight excluding hydrogens is 286 g/mol. The van der Waals surface area contributed by atoms with E-state index in [2.05, 4.69) is 34.1 Å². The summed E-state index contributed by atoms with van der Waals surface area (Å²) in [7, 11) is 1.74. The molecule has 0 saturated carbocycles. The van der Waals surface area contributed by atoms with Gasteiger partial charge in [0.2, 0.25) is 0 Å². The fraction of sp³-hybridized carbons (Fsp3) is 0.368. The van der Waals surface area contributed by atoms with Gasteiger partial charge in [0, 0.05) is 50.5 Å². The standard InChI is InChI=1S/C19H25N3O/c1-23-19-8-3-2-6-17(19)15-22-11-9-21(10-12-22)14-16-5-4-7-18(20)13-16/h2-8,13H,9-12,14-15,20H2,1H3. The predicted molar refractivity (Wildman–Crippen MR) is 94.4 cm³/mol. The number of hydrogen-bond donors (Lipinski definition) is 1. The van der Waals surface area contributed by atoms with Gasteiger partial charge in [0.15, 0.2) is 0 Å². The second-order valence-corrected chi connectivity index (χ2v) is 6.11. The normalized spacial score (nSPS) is 16.4. The van der Waals surface area contributed by atoms with E-state index in [4.69, 9.17) is 10.5 Å². The maximum atomic E-state index is 5.86. The molecule has 2 aromatic rings. The Morgan fingerprint density at radius 1 is 0.913 bits per heavy atom. The van der Waals surface area contributed by atoms with Crippen LogP contribution >= 0.6 is 0 Å². The molecule has 0 spiro atoms. The zero-order valence-corrected chi connectivity index (χ0v) is 13.7. The molecule has 3 rings (SSSR count). The average molecular weight is 311 g/mol. The minimum absolute atomic E-state index is 0.845. The van der Waals surface area contributed by atoms with E-state index in [0.29, 0.717) is 0 Å². The molecule has 122 valence electrons. The maximum Gasteiger partial charge on any atom is 0.123 e. The second-order valence-electron chi connectivity index (χ2n) is 6.11. The van der Waals surface area contributed by atoms with Crippen molar-refractivity contribution in [3.05, 3.63) is 59.7 Å². The Labute approximate surface area is 138 Å². The molecule has 0 radical (unpaired) electrons. The van der Waals surface area contributed by atoms with Crippen molar-refractivity contribution >= 4 is 5.69 Å². The van der Waals surface area contributed by atoms with Crippen LogP contribution in [-0.2, 0) is 13.1 Å². The van der Waals surface area contributed by atoms with Gasteiger partial charge in [-0.1, -0.05) is 30.3 Å². The molecule has 0 unspecified atom stereocenters. The molecule has 4 nitrogen and oxygen atoms in total. The zero-order chi connectivity index (χ0) is 16.1. The van der Waals surface area contributed by atoms with Gasteiger partial charge < -0.3 is 10.5 Å². The second kappa shape index (κ2) is 7.49. The molecule has 23 heavy (non-hydrogen) atoms. The van der Waals surface area contributed by atoms with Gasteiger partial charge in [0.25, 0.3) is 0 Å². The summed E-state index contributed by atoms with van der Waals surface area (Å²) in [6, 6.07) is 16.5. The van der Waals surface area contributed by atoms with Gasteiger partial charge in [-0.25, -0.2) is 0 Å². The molecule has 1 fully saturated rings. The van der Waals surface area contributed by atoms with Crippen molar-refractivity contribution in [1.82, 2.24) is 9.80 Å². The van der Waals surface area contributed by atoms with Gasteiger partial charge in [-0.3, -0.25) is 9.80 Å². The number of hydrogen-bond acceptors (Lipinski definition) is 4. The van der Waals surface area contributed by atoms with Crippen LogP contribution in [0.15, 0.2) is 48.5 Å². The highest BCUT2D eigenvalue weighted by molar-refractivity contribution is 5.40. The van der Waals surface area contributed by atoms with Gasteiger partial charge in [0.05, 0.1) is 7.11 Å². The van der Waals surface area contributed by atoms with Crippen LogP contribution in [0.4, 0.5) is 5.69 Å². The lowest BCUT2D eigenvalue weighted by Crippen LogP contribution is -2.45. The Bertz CT molecular complexity index is 636. The first-order valence-corrected chi connectivity index (χ1v) is 8.15. The summed E-state index contributed by atoms with van der Waals surface area (Å²) in [6.07, 6.45) is 0. The van der Waals surface area contributed by atoms with Crippen LogP contribution in [0, 0.1) is 0 Å². The molecule has 0 bridgehead atoms. The minimum Gasteiger partial charge on any atom is -0.496 e. The van der Waals surface area contributed by atoms with E-state index >= 15 is 0 Å². The van der Waals surface area contributed by atoms with Crippen LogP contribution in [0.2, 0.25) is 0 Å². The molecular formula is C19H25N3O. The highest BCUT2D eigenvalue weighted by atomic mass is 16.5. The summed E-state index contributed by atoms with van der Waals surface area (Å²) in [6.45, 7) is 6.28. The number of nitrogens with two attached hydrogens (primary N) is 1. The Morgan fingerprint density at radius 3 is 2.30 bits per heavy atom. The Morgan fingerprint density at radius 2 is 1.61 bits per heavy atom. The van der Waals surface area contributed by atoms with Crippen molar-refractivity contribution in [3.63, 3.8) is 0 Å². The Balaban J connectivity index is 1.52. The van der Waals surface area contributed by atoms with E-state index in [-0.39, 0.29) is 0 Å². The summed E-state index contributed by atoms with van der Waals surface area (Å²) in [4.78, 5) is 4.99. The first-order valence-electron chi connectivity index (χ1n) is 8.15. The van der Waals surface area contributed by atoms with Gasteiger partial charge in [-0.05, 0) is 23.8 Å². The molecule has 2 aromatic carbocycles. The fourth-order valence-electron chi connectivity index (χ4n) is 3.13. The van der Waals surface area contributed by atoms with Crippen LogP contribution in [0.3, 0.4) is 0 Å². The predicted octanol–water partition coefficient (Wildman–Crippen LogP) is 2.60. The number of nitrogens with zero attached hydrogens (tertiary/aromatic N) is 2. The summed E-state index contributed by atoms with van der Waals surface area (Å²) >= 11 is 0. The third-order valence-electron chi connectivity index (χ3n) is 4.41. The van der Waals surface area contributed by atoms with E-state index in [1.807, 2.05) is 24.3 Å². The van der Waals surface area contributed by atoms with Gasteiger partial charge in [-0.2, -0.15) is 0 Å². The van der Waals surface area contributed by atoms with Crippen LogP contribution in [0.25, 0.3) is 0 Å². The number of piperazine rings is 1. The Kier molecular flexibility index (Phi) is 5.16. The number of para-hydroxylation sites is 1. The summed E-state index contributed by atoms with van der Waals surface area (Å²) in [5, 5.41) is 0. The quantitative estimate of drug-likeness (QED) is 0.862. The molecule has 0 aromatic heterocycles. The topological polar surface area (TPSA) is 41.7 Å². The molecule has 1 aliphatic rings. The lowest BCUT2D eigenvalue weighted by Gasteiger charge is -2.35. The largest absolute Gasteiger partial charge is 0.496 e. The molecule has 4 heteroatoms. The highest BCUT2D eigenvalue weighted by Crippen LogP contribution is 2.20. The molecule has 1 aliphatic heterocycles. The monoisotopic (exact) mass is 311 g/mol. The van der Waals surface area contributed by atoms with Crippen molar-refractivity contribution in [2.24, 2.45) is 0 Å². The van der Waals surface area contributed by atoms with Crippen LogP contribution in [-0.4, -0.2) is 43.1 Å². The van der Waals surface area contributed by atoms with Crippen LogP contribution in [0.5, 0.6) is 5.75 Å². The van der Waals surface area contributed by atoms with Crippen LogP contribution in [0.1, 0.15) is 11.1 Å². The van der Waals surface area contributed by atoms with Crippen molar-refractivity contribution in [2.45, 2.75) is 13.1 Å². The summed E-state index contributed by atoms with van der Waals surface area (Å²) in [5.41, 5.74) is 9.26. The maximum absolute atomic E-state index is 5.86. The van der Waals surface area contributed by atoms with Crippen molar-refractivity contribution < 1.29 is 4.74 Å². The summed E-state index contributed by atoms with van der Waals surface area (Å²) in [5.74, 6) is 0.981. The minimum atomic E-state index is 0.845. The molecule has 0 amide bonds. The van der Waals surface area contributed by atoms with Gasteiger partial charge in [-0.15, -0.1) is 0 Å². The lowest BCUT2D eigenvalue weighted by molar-refractivity contribution is 0.121. The number of nitrogen functional groups attached to an aromatic ring is 1. The van der Waals surface area contributed by atoms with Gasteiger partial charge in [0.1, 0.15) is 5.75 Å². The first kappa shape index (κ1) is 15.8. The molecule has 1 heterocycles. The molecule has 0 atom stereocenters. The van der Waals surface area contributed by atoms with Gasteiger partial charge >= 0.3 is 0 Å². The molecule has 0 aliphatic carbocycles. The number of methoxy groups -OCH3 is 1. The molecule has 1 saturated heterocycles. The summed E-state index contributed by atoms with van der Waals surface area (Å²) < 4.78 is 5.45. The van der Waals surface area contributed by atoms with Crippen molar-refractivity contribution in [1.29, 1.82) is 0 Å². The van der Waals surface area contributed by atoms with E-state index in [9.17, 15) is 0 Å². The third-order valence-corrected chi connectivity index (χ3v) is 4.41. The van der Waals surface area contributed by atoms with Crippen molar-refractivity contribution in [3.8, 4) is 5.75 Å². The van der Waals surface area contributed by atoms with Crippen LogP contribution < -0.4 is 10.5 Å². The molecule has 2 N–H and O–H groups in total. The van der Waals surface area contributed by atoms with Crippen molar-refractivity contribution in [2.75, 3.05) is 39.0 Å². The van der Waals surface area contributed by atoms with E-state index in [0.717, 1.165) is 50.7 Å². The lowest BCUT2D eigenvalue weighted by atomic mass is 10.1. The smallest absolute Gasteiger partial charge is 0.123 e. The third kappa shape index (κ3) is 4.24.